The third kappa shape index (κ3) is 5.58. The molecule has 2 aromatic carbocycles. The number of Topliss-reactive ketones (excluding diaryl/α,β-unsaturated/α-hetero) is 1. The molecule has 1 heterocycles. The van der Waals surface area contributed by atoms with Gasteiger partial charge >= 0.3 is 5.97 Å². The molecular weight excluding hydrogens is 429 g/mol. The van der Waals surface area contributed by atoms with E-state index in [0.29, 0.717) is 37.2 Å². The van der Waals surface area contributed by atoms with Gasteiger partial charge in [0.2, 0.25) is 0 Å². The van der Waals surface area contributed by atoms with Crippen molar-refractivity contribution in [2.24, 2.45) is 0 Å². The first-order valence-electron chi connectivity index (χ1n) is 10.8. The molecule has 0 aromatic heterocycles. The largest absolute Gasteiger partial charge is 0.507 e. The van der Waals surface area contributed by atoms with Crippen molar-refractivity contribution in [3.63, 3.8) is 0 Å². The molecule has 0 bridgehead atoms. The molecule has 2 aromatic rings. The van der Waals surface area contributed by atoms with E-state index >= 15 is 0 Å². The number of carbonyl (C=O) groups is 3. The van der Waals surface area contributed by atoms with Crippen LogP contribution in [0, 0.1) is 5.82 Å². The number of unbranched alkanes of at least 4 members (excludes halogenated alkanes) is 2. The molecule has 0 radical (unpaired) electrons. The van der Waals surface area contributed by atoms with Crippen molar-refractivity contribution in [3.8, 4) is 5.75 Å². The number of aliphatic hydroxyl groups is 1. The fourth-order valence-electron chi connectivity index (χ4n) is 3.87. The average molecular weight is 455 g/mol. The second-order valence-corrected chi connectivity index (χ2v) is 7.71. The summed E-state index contributed by atoms with van der Waals surface area (Å²) in [6, 6.07) is 11.1. The van der Waals surface area contributed by atoms with Crippen LogP contribution >= 0.6 is 0 Å². The highest BCUT2D eigenvalue weighted by Gasteiger charge is 2.45. The number of carboxylic acids is 1. The number of rotatable bonds is 10. The maximum atomic E-state index is 13.3. The van der Waals surface area contributed by atoms with E-state index in [1.165, 1.54) is 29.2 Å². The summed E-state index contributed by atoms with van der Waals surface area (Å²) in [5.74, 6) is -2.68. The predicted octanol–water partition coefficient (Wildman–Crippen LogP) is 4.29. The molecule has 7 nitrogen and oxygen atoms in total. The molecule has 1 aliphatic heterocycles. The number of nitrogens with zero attached hydrogens (tertiary/aromatic N) is 1. The Morgan fingerprint density at radius 3 is 2.27 bits per heavy atom. The minimum absolute atomic E-state index is 0.0334. The monoisotopic (exact) mass is 455 g/mol. The van der Waals surface area contributed by atoms with Crippen LogP contribution in [0.25, 0.3) is 5.76 Å². The number of carbonyl (C=O) groups excluding carboxylic acids is 2. The van der Waals surface area contributed by atoms with Gasteiger partial charge in [0.15, 0.2) is 0 Å². The van der Waals surface area contributed by atoms with Gasteiger partial charge in [0.1, 0.15) is 17.3 Å². The second-order valence-electron chi connectivity index (χ2n) is 7.71. The zero-order chi connectivity index (χ0) is 24.0. The Morgan fingerprint density at radius 2 is 1.67 bits per heavy atom. The van der Waals surface area contributed by atoms with Crippen molar-refractivity contribution >= 4 is 23.4 Å². The van der Waals surface area contributed by atoms with Gasteiger partial charge in [-0.15, -0.1) is 0 Å². The van der Waals surface area contributed by atoms with E-state index in [1.807, 2.05) is 6.92 Å². The van der Waals surface area contributed by atoms with Crippen molar-refractivity contribution < 1.29 is 33.7 Å². The van der Waals surface area contributed by atoms with Gasteiger partial charge in [-0.05, 0) is 61.7 Å². The number of benzene rings is 2. The van der Waals surface area contributed by atoms with Crippen molar-refractivity contribution in [2.45, 2.75) is 38.6 Å². The van der Waals surface area contributed by atoms with E-state index in [9.17, 15) is 23.9 Å². The Hall–Kier alpha value is -3.68. The molecule has 174 valence electrons. The molecule has 0 saturated carbocycles. The number of hydrogen-bond acceptors (Lipinski definition) is 5. The first-order valence-corrected chi connectivity index (χ1v) is 10.8. The molecule has 0 spiro atoms. The number of carboxylic acid groups (broad SMARTS) is 1. The van der Waals surface area contributed by atoms with Crippen LogP contribution in [0.15, 0.2) is 54.1 Å². The molecule has 1 aliphatic rings. The smallest absolute Gasteiger partial charge is 0.303 e. The van der Waals surface area contributed by atoms with Gasteiger partial charge in [-0.2, -0.15) is 0 Å². The van der Waals surface area contributed by atoms with Crippen LogP contribution in [0.2, 0.25) is 0 Å². The van der Waals surface area contributed by atoms with Gasteiger partial charge < -0.3 is 19.8 Å². The number of halogens is 1. The van der Waals surface area contributed by atoms with Gasteiger partial charge in [-0.3, -0.25) is 14.4 Å². The fourth-order valence-corrected chi connectivity index (χ4v) is 3.87. The van der Waals surface area contributed by atoms with Crippen LogP contribution in [0.5, 0.6) is 5.75 Å². The molecule has 8 heteroatoms. The Bertz CT molecular complexity index is 1050. The Balaban J connectivity index is 1.96. The van der Waals surface area contributed by atoms with Crippen LogP contribution in [-0.4, -0.2) is 45.9 Å². The third-order valence-electron chi connectivity index (χ3n) is 5.45. The normalized spacial score (nSPS) is 17.4. The summed E-state index contributed by atoms with van der Waals surface area (Å²) in [6.07, 6.45) is 1.57. The molecule has 3 rings (SSSR count). The number of ether oxygens (including phenoxy) is 1. The van der Waals surface area contributed by atoms with E-state index in [1.54, 1.807) is 24.3 Å². The van der Waals surface area contributed by atoms with Crippen LogP contribution in [-0.2, 0) is 14.4 Å². The zero-order valence-electron chi connectivity index (χ0n) is 18.3. The highest BCUT2D eigenvalue weighted by atomic mass is 19.1. The van der Waals surface area contributed by atoms with Crippen LogP contribution < -0.4 is 4.74 Å². The standard InChI is InChI=1S/C25H26FNO6/c1-2-33-19-13-9-16(10-14-19)22-21(23(30)17-7-11-18(26)12-8-17)24(31)25(32)27(22)15-5-3-4-6-20(28)29/h7-14,22,30H,2-6,15H2,1H3,(H,28,29). The molecular formula is C25H26FNO6. The van der Waals surface area contributed by atoms with Crippen LogP contribution in [0.3, 0.4) is 0 Å². The summed E-state index contributed by atoms with van der Waals surface area (Å²) in [7, 11) is 0. The van der Waals surface area contributed by atoms with Crippen molar-refractivity contribution in [1.29, 1.82) is 0 Å². The number of ketones is 1. The SMILES string of the molecule is CCOc1ccc(C2C(=C(O)c3ccc(F)cc3)C(=O)C(=O)N2CCCCCC(=O)O)cc1. The summed E-state index contributed by atoms with van der Waals surface area (Å²) in [5, 5.41) is 19.7. The van der Waals surface area contributed by atoms with E-state index in [4.69, 9.17) is 9.84 Å². The van der Waals surface area contributed by atoms with Gasteiger partial charge in [0.05, 0.1) is 18.2 Å². The lowest BCUT2D eigenvalue weighted by Gasteiger charge is -2.25. The number of hydrogen-bond donors (Lipinski definition) is 2. The fraction of sp³-hybridized carbons (Fsp3) is 0.320. The summed E-state index contributed by atoms with van der Waals surface area (Å²) < 4.78 is 18.8. The van der Waals surface area contributed by atoms with E-state index < -0.39 is 29.5 Å². The molecule has 0 aliphatic carbocycles. The molecule has 1 saturated heterocycles. The quantitative estimate of drug-likeness (QED) is 0.240. The molecule has 2 N–H and O–H groups in total. The van der Waals surface area contributed by atoms with E-state index in [0.717, 1.165) is 0 Å². The summed E-state index contributed by atoms with van der Waals surface area (Å²) >= 11 is 0. The first kappa shape index (κ1) is 24.0. The van der Waals surface area contributed by atoms with Crippen LogP contribution in [0.1, 0.15) is 49.8 Å². The Kier molecular flexibility index (Phi) is 7.82. The Labute approximate surface area is 191 Å². The van der Waals surface area contributed by atoms with Crippen molar-refractivity contribution in [2.75, 3.05) is 13.2 Å². The number of aliphatic carboxylic acids is 1. The maximum Gasteiger partial charge on any atom is 0.303 e. The number of aliphatic hydroxyl groups excluding tert-OH is 1. The lowest BCUT2D eigenvalue weighted by Crippen LogP contribution is -2.30. The molecule has 1 amide bonds. The lowest BCUT2D eigenvalue weighted by atomic mass is 9.95. The maximum absolute atomic E-state index is 13.3. The van der Waals surface area contributed by atoms with E-state index in [2.05, 4.69) is 0 Å². The average Bonchev–Trinajstić information content (AvgIpc) is 3.04. The second kappa shape index (κ2) is 10.8. The van der Waals surface area contributed by atoms with Crippen molar-refractivity contribution in [3.05, 3.63) is 71.0 Å². The van der Waals surface area contributed by atoms with Crippen molar-refractivity contribution in [1.82, 2.24) is 4.90 Å². The minimum Gasteiger partial charge on any atom is -0.507 e. The lowest BCUT2D eigenvalue weighted by molar-refractivity contribution is -0.140. The molecule has 1 unspecified atom stereocenters. The topological polar surface area (TPSA) is 104 Å². The summed E-state index contributed by atoms with van der Waals surface area (Å²) in [5.41, 5.74) is 0.778. The van der Waals surface area contributed by atoms with Crippen LogP contribution in [0.4, 0.5) is 4.39 Å². The van der Waals surface area contributed by atoms with Gasteiger partial charge in [0.25, 0.3) is 11.7 Å². The summed E-state index contributed by atoms with van der Waals surface area (Å²) in [6.45, 7) is 2.57. The highest BCUT2D eigenvalue weighted by Crippen LogP contribution is 2.40. The van der Waals surface area contributed by atoms with Gasteiger partial charge in [0, 0.05) is 18.5 Å². The molecule has 1 fully saturated rings. The first-order chi connectivity index (χ1) is 15.8. The molecule has 1 atom stereocenters. The third-order valence-corrected chi connectivity index (χ3v) is 5.45. The highest BCUT2D eigenvalue weighted by molar-refractivity contribution is 6.46. The number of amides is 1. The number of likely N-dealkylation sites (tertiary alicyclic amines) is 1. The Morgan fingerprint density at radius 1 is 1.00 bits per heavy atom. The molecule has 33 heavy (non-hydrogen) atoms. The minimum atomic E-state index is -0.885. The van der Waals surface area contributed by atoms with E-state index in [-0.39, 0.29) is 29.9 Å². The zero-order valence-corrected chi connectivity index (χ0v) is 18.3. The summed E-state index contributed by atoms with van der Waals surface area (Å²) in [4.78, 5) is 37.9. The van der Waals surface area contributed by atoms with Gasteiger partial charge in [-0.25, -0.2) is 4.39 Å². The van der Waals surface area contributed by atoms with Gasteiger partial charge in [-0.1, -0.05) is 18.6 Å². The predicted molar refractivity (Wildman–Crippen MR) is 119 cm³/mol.